The largest absolute Gasteiger partial charge is 0.330 e. The van der Waals surface area contributed by atoms with Gasteiger partial charge in [0.25, 0.3) is 0 Å². The maximum absolute atomic E-state index is 5.90. The Labute approximate surface area is 105 Å². The zero-order valence-corrected chi connectivity index (χ0v) is 10.8. The third-order valence-electron chi connectivity index (χ3n) is 3.88. The van der Waals surface area contributed by atoms with Crippen molar-refractivity contribution >= 4 is 0 Å². The van der Waals surface area contributed by atoms with Crippen molar-refractivity contribution in [3.05, 3.63) is 35.9 Å². The Hall–Kier alpha value is -0.860. The number of nitrogens with zero attached hydrogens (tertiary/aromatic N) is 1. The molecule has 1 saturated carbocycles. The van der Waals surface area contributed by atoms with Gasteiger partial charge in [-0.15, -0.1) is 0 Å². The first-order valence-corrected chi connectivity index (χ1v) is 6.73. The van der Waals surface area contributed by atoms with E-state index in [-0.39, 0.29) is 0 Å². The lowest BCUT2D eigenvalue weighted by Crippen LogP contribution is -2.34. The molecule has 1 fully saturated rings. The zero-order valence-electron chi connectivity index (χ0n) is 10.8. The fourth-order valence-electron chi connectivity index (χ4n) is 2.61. The molecule has 0 aliphatic heterocycles. The first-order valence-electron chi connectivity index (χ1n) is 6.73. The fraction of sp³-hybridized carbons (Fsp3) is 0.600. The Kier molecular flexibility index (Phi) is 4.57. The monoisotopic (exact) mass is 232 g/mol. The summed E-state index contributed by atoms with van der Waals surface area (Å²) in [7, 11) is 2.23. The molecule has 2 heteroatoms. The highest BCUT2D eigenvalue weighted by Crippen LogP contribution is 2.27. The van der Waals surface area contributed by atoms with Crippen molar-refractivity contribution in [2.45, 2.75) is 25.2 Å². The second kappa shape index (κ2) is 6.18. The van der Waals surface area contributed by atoms with Gasteiger partial charge in [-0.3, -0.25) is 0 Å². The van der Waals surface area contributed by atoms with Gasteiger partial charge in [0.2, 0.25) is 0 Å². The molecular formula is C15H24N2. The lowest BCUT2D eigenvalue weighted by Gasteiger charge is -2.32. The molecule has 0 spiro atoms. The summed E-state index contributed by atoms with van der Waals surface area (Å²) >= 11 is 0. The van der Waals surface area contributed by atoms with Crippen LogP contribution in [0, 0.1) is 5.92 Å². The number of benzene rings is 1. The predicted octanol–water partition coefficient (Wildman–Crippen LogP) is 2.46. The van der Waals surface area contributed by atoms with E-state index in [1.807, 2.05) is 0 Å². The van der Waals surface area contributed by atoms with Crippen molar-refractivity contribution in [2.24, 2.45) is 11.7 Å². The van der Waals surface area contributed by atoms with E-state index < -0.39 is 0 Å². The molecule has 17 heavy (non-hydrogen) atoms. The molecule has 1 atom stereocenters. The van der Waals surface area contributed by atoms with Gasteiger partial charge in [0, 0.05) is 25.6 Å². The van der Waals surface area contributed by atoms with Crippen LogP contribution < -0.4 is 5.73 Å². The van der Waals surface area contributed by atoms with E-state index in [0.717, 1.165) is 19.0 Å². The number of likely N-dealkylation sites (N-methyl/N-ethyl adjacent to an activating group) is 1. The van der Waals surface area contributed by atoms with Crippen LogP contribution in [0.3, 0.4) is 0 Å². The highest BCUT2D eigenvalue weighted by atomic mass is 15.1. The Morgan fingerprint density at radius 3 is 2.53 bits per heavy atom. The van der Waals surface area contributed by atoms with E-state index in [1.165, 1.54) is 31.4 Å². The summed E-state index contributed by atoms with van der Waals surface area (Å²) in [5.41, 5.74) is 7.27. The van der Waals surface area contributed by atoms with Crippen LogP contribution in [-0.2, 0) is 0 Å². The summed E-state index contributed by atoms with van der Waals surface area (Å²) in [5.74, 6) is 1.41. The van der Waals surface area contributed by atoms with Crippen molar-refractivity contribution in [1.82, 2.24) is 4.90 Å². The van der Waals surface area contributed by atoms with Gasteiger partial charge in [-0.05, 0) is 31.4 Å². The second-order valence-corrected chi connectivity index (χ2v) is 5.36. The van der Waals surface area contributed by atoms with Crippen molar-refractivity contribution < 1.29 is 0 Å². The first-order chi connectivity index (χ1) is 8.29. The fourth-order valence-corrected chi connectivity index (χ4v) is 2.61. The van der Waals surface area contributed by atoms with Crippen LogP contribution >= 0.6 is 0 Å². The SMILES string of the molecule is CN(CC1CCC1)CC(CN)c1ccccc1. The van der Waals surface area contributed by atoms with E-state index in [2.05, 4.69) is 42.3 Å². The average molecular weight is 232 g/mol. The average Bonchev–Trinajstić information content (AvgIpc) is 2.32. The Morgan fingerprint density at radius 1 is 1.29 bits per heavy atom. The van der Waals surface area contributed by atoms with Crippen LogP contribution in [0.15, 0.2) is 30.3 Å². The number of nitrogens with two attached hydrogens (primary N) is 1. The lowest BCUT2D eigenvalue weighted by molar-refractivity contribution is 0.198. The molecule has 1 aliphatic rings. The summed E-state index contributed by atoms with van der Waals surface area (Å²) in [6.07, 6.45) is 4.27. The van der Waals surface area contributed by atoms with E-state index in [1.54, 1.807) is 0 Å². The molecule has 0 amide bonds. The van der Waals surface area contributed by atoms with E-state index in [0.29, 0.717) is 5.92 Å². The van der Waals surface area contributed by atoms with Gasteiger partial charge in [-0.1, -0.05) is 36.8 Å². The van der Waals surface area contributed by atoms with Crippen LogP contribution in [0.4, 0.5) is 0 Å². The summed E-state index contributed by atoms with van der Waals surface area (Å²) in [4.78, 5) is 2.45. The van der Waals surface area contributed by atoms with Crippen LogP contribution in [0.1, 0.15) is 30.7 Å². The Balaban J connectivity index is 1.86. The molecule has 1 aromatic rings. The number of hydrogen-bond donors (Lipinski definition) is 1. The summed E-state index contributed by atoms with van der Waals surface area (Å²) in [5, 5.41) is 0. The zero-order chi connectivity index (χ0) is 12.1. The minimum Gasteiger partial charge on any atom is -0.330 e. The van der Waals surface area contributed by atoms with E-state index in [9.17, 15) is 0 Å². The first kappa shape index (κ1) is 12.6. The van der Waals surface area contributed by atoms with Gasteiger partial charge in [0.15, 0.2) is 0 Å². The predicted molar refractivity (Wildman–Crippen MR) is 73.1 cm³/mol. The molecule has 0 bridgehead atoms. The smallest absolute Gasteiger partial charge is 0.00887 e. The van der Waals surface area contributed by atoms with Gasteiger partial charge in [-0.25, -0.2) is 0 Å². The third-order valence-corrected chi connectivity index (χ3v) is 3.88. The molecule has 0 saturated heterocycles. The molecule has 0 radical (unpaired) electrons. The maximum Gasteiger partial charge on any atom is 0.00887 e. The lowest BCUT2D eigenvalue weighted by atomic mass is 9.85. The van der Waals surface area contributed by atoms with Crippen LogP contribution in [0.2, 0.25) is 0 Å². The van der Waals surface area contributed by atoms with Gasteiger partial charge in [-0.2, -0.15) is 0 Å². The van der Waals surface area contributed by atoms with Gasteiger partial charge < -0.3 is 10.6 Å². The minimum absolute atomic E-state index is 0.473. The van der Waals surface area contributed by atoms with Gasteiger partial charge in [0.1, 0.15) is 0 Å². The highest BCUT2D eigenvalue weighted by molar-refractivity contribution is 5.20. The Morgan fingerprint density at radius 2 is 2.00 bits per heavy atom. The van der Waals surface area contributed by atoms with Gasteiger partial charge in [0.05, 0.1) is 0 Å². The highest BCUT2D eigenvalue weighted by Gasteiger charge is 2.20. The Bertz CT molecular complexity index is 319. The molecule has 1 unspecified atom stereocenters. The molecule has 1 aliphatic carbocycles. The second-order valence-electron chi connectivity index (χ2n) is 5.36. The van der Waals surface area contributed by atoms with Crippen molar-refractivity contribution in [3.63, 3.8) is 0 Å². The van der Waals surface area contributed by atoms with Crippen molar-refractivity contribution in [3.8, 4) is 0 Å². The molecular weight excluding hydrogens is 208 g/mol. The maximum atomic E-state index is 5.90. The molecule has 94 valence electrons. The molecule has 0 heterocycles. The standard InChI is InChI=1S/C15H24N2/c1-17(11-13-6-5-7-13)12-15(10-16)14-8-3-2-4-9-14/h2-4,8-9,13,15H,5-7,10-12,16H2,1H3. The molecule has 1 aromatic carbocycles. The molecule has 2 N–H and O–H groups in total. The summed E-state index contributed by atoms with van der Waals surface area (Å²) in [6.45, 7) is 3.05. The van der Waals surface area contributed by atoms with Gasteiger partial charge >= 0.3 is 0 Å². The van der Waals surface area contributed by atoms with Crippen LogP contribution in [0.5, 0.6) is 0 Å². The normalized spacial score (nSPS) is 18.1. The quantitative estimate of drug-likeness (QED) is 0.816. The van der Waals surface area contributed by atoms with Crippen LogP contribution in [0.25, 0.3) is 0 Å². The third kappa shape index (κ3) is 3.55. The number of rotatable bonds is 6. The molecule has 0 aromatic heterocycles. The minimum atomic E-state index is 0.473. The molecule has 2 nitrogen and oxygen atoms in total. The van der Waals surface area contributed by atoms with Crippen molar-refractivity contribution in [1.29, 1.82) is 0 Å². The van der Waals surface area contributed by atoms with E-state index in [4.69, 9.17) is 5.73 Å². The van der Waals surface area contributed by atoms with Crippen LogP contribution in [-0.4, -0.2) is 31.6 Å². The molecule has 2 rings (SSSR count). The summed E-state index contributed by atoms with van der Waals surface area (Å²) < 4.78 is 0. The topological polar surface area (TPSA) is 29.3 Å². The van der Waals surface area contributed by atoms with Crippen molar-refractivity contribution in [2.75, 3.05) is 26.7 Å². The number of hydrogen-bond acceptors (Lipinski definition) is 2. The summed E-state index contributed by atoms with van der Waals surface area (Å²) in [6, 6.07) is 10.6. The van der Waals surface area contributed by atoms with E-state index >= 15 is 0 Å².